The van der Waals surface area contributed by atoms with Crippen LogP contribution in [0.1, 0.15) is 16.9 Å². The molecule has 6 nitrogen and oxygen atoms in total. The Hall–Kier alpha value is -2.18. The first-order chi connectivity index (χ1) is 11.0. The minimum Gasteiger partial charge on any atom is -0.351 e. The van der Waals surface area contributed by atoms with Crippen molar-refractivity contribution in [3.8, 4) is 0 Å². The van der Waals surface area contributed by atoms with Crippen LogP contribution in [0.15, 0.2) is 36.7 Å². The van der Waals surface area contributed by atoms with Gasteiger partial charge in [-0.25, -0.2) is 9.97 Å². The summed E-state index contributed by atoms with van der Waals surface area (Å²) in [5, 5.41) is 6.63. The van der Waals surface area contributed by atoms with E-state index in [1.165, 1.54) is 6.33 Å². The van der Waals surface area contributed by atoms with Crippen molar-refractivity contribution in [2.75, 3.05) is 32.5 Å². The Bertz CT molecular complexity index is 645. The number of aromatic nitrogens is 2. The number of nitrogens with zero attached hydrogens (tertiary/aromatic N) is 3. The number of rotatable bonds is 7. The lowest BCUT2D eigenvalue weighted by Gasteiger charge is -2.10. The van der Waals surface area contributed by atoms with E-state index < -0.39 is 0 Å². The lowest BCUT2D eigenvalue weighted by atomic mass is 10.3. The summed E-state index contributed by atoms with van der Waals surface area (Å²) in [5.41, 5.74) is 1.17. The quantitative estimate of drug-likeness (QED) is 0.762. The second-order valence-electron chi connectivity index (χ2n) is 5.33. The van der Waals surface area contributed by atoms with Crippen LogP contribution < -0.4 is 10.6 Å². The molecule has 7 heteroatoms. The smallest absolute Gasteiger partial charge is 0.270 e. The fourth-order valence-corrected chi connectivity index (χ4v) is 2.04. The summed E-state index contributed by atoms with van der Waals surface area (Å²) in [4.78, 5) is 22.3. The van der Waals surface area contributed by atoms with E-state index in [4.69, 9.17) is 11.6 Å². The summed E-state index contributed by atoms with van der Waals surface area (Å²) < 4.78 is 0. The second-order valence-corrected chi connectivity index (χ2v) is 5.77. The number of hydrogen-bond donors (Lipinski definition) is 2. The molecule has 2 rings (SSSR count). The molecule has 122 valence electrons. The van der Waals surface area contributed by atoms with Gasteiger partial charge in [-0.3, -0.25) is 4.79 Å². The van der Waals surface area contributed by atoms with Crippen molar-refractivity contribution in [2.24, 2.45) is 0 Å². The first-order valence-electron chi connectivity index (χ1n) is 7.32. The van der Waals surface area contributed by atoms with Crippen LogP contribution in [0.3, 0.4) is 0 Å². The fourth-order valence-electron chi connectivity index (χ4n) is 1.92. The summed E-state index contributed by atoms with van der Waals surface area (Å²) in [5.74, 6) is 0.353. The van der Waals surface area contributed by atoms with Gasteiger partial charge in [-0.05, 0) is 51.3 Å². The molecular weight excluding hydrogens is 314 g/mol. The summed E-state index contributed by atoms with van der Waals surface area (Å²) in [6.07, 6.45) is 2.26. The summed E-state index contributed by atoms with van der Waals surface area (Å²) in [6, 6.07) is 8.86. The Balaban J connectivity index is 1.93. The van der Waals surface area contributed by atoms with Crippen LogP contribution in [0.25, 0.3) is 0 Å². The molecule has 0 aliphatic heterocycles. The number of carbonyl (C=O) groups excluding carboxylic acids is 1. The van der Waals surface area contributed by atoms with Gasteiger partial charge in [0.15, 0.2) is 0 Å². The molecule has 23 heavy (non-hydrogen) atoms. The zero-order valence-electron chi connectivity index (χ0n) is 13.2. The van der Waals surface area contributed by atoms with E-state index in [0.717, 1.165) is 18.7 Å². The number of halogens is 1. The molecule has 0 fully saturated rings. The van der Waals surface area contributed by atoms with Gasteiger partial charge in [0.2, 0.25) is 0 Å². The predicted molar refractivity (Wildman–Crippen MR) is 92.3 cm³/mol. The molecule has 1 amide bonds. The van der Waals surface area contributed by atoms with Gasteiger partial charge in [0.05, 0.1) is 0 Å². The largest absolute Gasteiger partial charge is 0.351 e. The maximum atomic E-state index is 12.1. The SMILES string of the molecule is CN(C)CCCNC(=O)c1cc(Nc2ccc(Cl)cc2)ncn1. The second kappa shape index (κ2) is 8.45. The topological polar surface area (TPSA) is 70.2 Å². The Morgan fingerprint density at radius 3 is 2.65 bits per heavy atom. The number of nitrogens with one attached hydrogen (secondary N) is 2. The Kier molecular flexibility index (Phi) is 6.31. The molecule has 1 aromatic carbocycles. The monoisotopic (exact) mass is 333 g/mol. The first kappa shape index (κ1) is 17.2. The minimum atomic E-state index is -0.203. The summed E-state index contributed by atoms with van der Waals surface area (Å²) in [7, 11) is 4.00. The standard InChI is InChI=1S/C16H20ClN5O/c1-22(2)9-3-8-18-16(23)14-10-15(20-11-19-14)21-13-6-4-12(17)5-7-13/h4-7,10-11H,3,8-9H2,1-2H3,(H,18,23)(H,19,20,21). The first-order valence-corrected chi connectivity index (χ1v) is 7.70. The van der Waals surface area contributed by atoms with E-state index in [-0.39, 0.29) is 5.91 Å². The Morgan fingerprint density at radius 2 is 1.96 bits per heavy atom. The van der Waals surface area contributed by atoms with Crippen molar-refractivity contribution in [1.82, 2.24) is 20.2 Å². The highest BCUT2D eigenvalue weighted by molar-refractivity contribution is 6.30. The van der Waals surface area contributed by atoms with Crippen molar-refractivity contribution in [3.63, 3.8) is 0 Å². The normalized spacial score (nSPS) is 10.6. The third-order valence-corrected chi connectivity index (χ3v) is 3.34. The van der Waals surface area contributed by atoms with Crippen molar-refractivity contribution in [1.29, 1.82) is 0 Å². The third-order valence-electron chi connectivity index (χ3n) is 3.08. The molecule has 1 aromatic heterocycles. The highest BCUT2D eigenvalue weighted by Gasteiger charge is 2.08. The van der Waals surface area contributed by atoms with Gasteiger partial charge in [0.25, 0.3) is 5.91 Å². The number of anilines is 2. The van der Waals surface area contributed by atoms with Gasteiger partial charge in [-0.1, -0.05) is 11.6 Å². The maximum Gasteiger partial charge on any atom is 0.270 e. The van der Waals surface area contributed by atoms with Crippen LogP contribution in [0.5, 0.6) is 0 Å². The van der Waals surface area contributed by atoms with Crippen LogP contribution >= 0.6 is 11.6 Å². The average molecular weight is 334 g/mol. The molecule has 0 unspecified atom stereocenters. The molecule has 0 saturated carbocycles. The van der Waals surface area contributed by atoms with E-state index in [1.807, 2.05) is 26.2 Å². The van der Waals surface area contributed by atoms with Crippen molar-refractivity contribution in [3.05, 3.63) is 47.4 Å². The molecule has 2 aromatic rings. The Morgan fingerprint density at radius 1 is 1.22 bits per heavy atom. The predicted octanol–water partition coefficient (Wildman–Crippen LogP) is 2.56. The van der Waals surface area contributed by atoms with Crippen LogP contribution in [0, 0.1) is 0 Å². The van der Waals surface area contributed by atoms with Crippen LogP contribution in [-0.4, -0.2) is 48.0 Å². The molecule has 0 atom stereocenters. The average Bonchev–Trinajstić information content (AvgIpc) is 2.54. The zero-order valence-corrected chi connectivity index (χ0v) is 14.0. The van der Waals surface area contributed by atoms with Crippen molar-refractivity contribution >= 4 is 29.0 Å². The number of carbonyl (C=O) groups is 1. The van der Waals surface area contributed by atoms with E-state index in [0.29, 0.717) is 23.1 Å². The molecule has 0 radical (unpaired) electrons. The fraction of sp³-hybridized carbons (Fsp3) is 0.312. The number of amides is 1. The number of hydrogen-bond acceptors (Lipinski definition) is 5. The summed E-state index contributed by atoms with van der Waals surface area (Å²) >= 11 is 5.85. The number of benzene rings is 1. The lowest BCUT2D eigenvalue weighted by Crippen LogP contribution is -2.27. The molecular formula is C16H20ClN5O. The van der Waals surface area contributed by atoms with E-state index in [1.54, 1.807) is 18.2 Å². The molecule has 0 aliphatic rings. The highest BCUT2D eigenvalue weighted by Crippen LogP contribution is 2.17. The van der Waals surface area contributed by atoms with Gasteiger partial charge >= 0.3 is 0 Å². The Labute approximate surface area is 140 Å². The van der Waals surface area contributed by atoms with Crippen LogP contribution in [0.4, 0.5) is 11.5 Å². The molecule has 0 saturated heterocycles. The summed E-state index contributed by atoms with van der Waals surface area (Å²) in [6.45, 7) is 1.54. The van der Waals surface area contributed by atoms with Gasteiger partial charge in [-0.2, -0.15) is 0 Å². The van der Waals surface area contributed by atoms with Crippen molar-refractivity contribution in [2.45, 2.75) is 6.42 Å². The maximum absolute atomic E-state index is 12.1. The van der Waals surface area contributed by atoms with Gasteiger partial charge < -0.3 is 15.5 Å². The van der Waals surface area contributed by atoms with E-state index in [2.05, 4.69) is 25.5 Å². The van der Waals surface area contributed by atoms with Gasteiger partial charge in [0, 0.05) is 23.3 Å². The molecule has 0 aliphatic carbocycles. The molecule has 1 heterocycles. The third kappa shape index (κ3) is 5.84. The molecule has 2 N–H and O–H groups in total. The van der Waals surface area contributed by atoms with Crippen molar-refractivity contribution < 1.29 is 4.79 Å². The zero-order chi connectivity index (χ0) is 16.7. The lowest BCUT2D eigenvalue weighted by molar-refractivity contribution is 0.0947. The van der Waals surface area contributed by atoms with Crippen LogP contribution in [0.2, 0.25) is 5.02 Å². The van der Waals surface area contributed by atoms with E-state index in [9.17, 15) is 4.79 Å². The molecule has 0 spiro atoms. The van der Waals surface area contributed by atoms with Gasteiger partial charge in [-0.15, -0.1) is 0 Å². The minimum absolute atomic E-state index is 0.203. The molecule has 0 bridgehead atoms. The van der Waals surface area contributed by atoms with Crippen LogP contribution in [-0.2, 0) is 0 Å². The highest BCUT2D eigenvalue weighted by atomic mass is 35.5. The van der Waals surface area contributed by atoms with Gasteiger partial charge in [0.1, 0.15) is 17.8 Å². The van der Waals surface area contributed by atoms with E-state index >= 15 is 0 Å².